The van der Waals surface area contributed by atoms with E-state index in [-0.39, 0.29) is 5.91 Å². The molecule has 0 spiro atoms. The van der Waals surface area contributed by atoms with Crippen LogP contribution in [-0.2, 0) is 22.6 Å². The summed E-state index contributed by atoms with van der Waals surface area (Å²) in [5.41, 5.74) is 3.65. The van der Waals surface area contributed by atoms with E-state index >= 15 is 0 Å². The van der Waals surface area contributed by atoms with Crippen molar-refractivity contribution >= 4 is 47.0 Å². The quantitative estimate of drug-likeness (QED) is 0.400. The highest BCUT2D eigenvalue weighted by atomic mass is 35.5. The Bertz CT molecular complexity index is 958. The van der Waals surface area contributed by atoms with E-state index in [0.717, 1.165) is 40.6 Å². The van der Waals surface area contributed by atoms with Gasteiger partial charge in [-0.1, -0.05) is 29.8 Å². The standard InChI is InChI=1S/C13H12ClNOS.C8H15NO3.C4H7NS/c14-13-4-2-1-3-11(13)5-10-6-12(17-8-10)7-15-9-16;1-6(10)7(11)8(12)9-4-2-3-5-9;1-4-2-6-3-5-4/h1-4,6,8-9H,5,7H2,(H,15,16);6-7,10-11H,2-5H2,1H3;2,5H,3H2,1H3. The fourth-order valence-corrected chi connectivity index (χ4v) is 5.08. The molecule has 2 aromatic rings. The van der Waals surface area contributed by atoms with Gasteiger partial charge in [0.15, 0.2) is 6.10 Å². The summed E-state index contributed by atoms with van der Waals surface area (Å²) in [4.78, 5) is 24.2. The largest absolute Gasteiger partial charge is 0.390 e. The molecule has 0 radical (unpaired) electrons. The van der Waals surface area contributed by atoms with E-state index in [4.69, 9.17) is 16.7 Å². The number of likely N-dealkylation sites (tertiary alicyclic amines) is 1. The number of amides is 2. The first-order chi connectivity index (χ1) is 16.8. The highest BCUT2D eigenvalue weighted by Crippen LogP contribution is 2.22. The third kappa shape index (κ3) is 10.6. The van der Waals surface area contributed by atoms with E-state index in [0.29, 0.717) is 26.0 Å². The number of rotatable bonds is 7. The molecule has 10 heteroatoms. The topological polar surface area (TPSA) is 102 Å². The maximum absolute atomic E-state index is 11.3. The van der Waals surface area contributed by atoms with Gasteiger partial charge < -0.3 is 25.7 Å². The van der Waals surface area contributed by atoms with Crippen molar-refractivity contribution in [2.75, 3.05) is 19.0 Å². The van der Waals surface area contributed by atoms with E-state index in [1.165, 1.54) is 18.2 Å². The molecule has 2 unspecified atom stereocenters. The maximum Gasteiger partial charge on any atom is 0.254 e. The van der Waals surface area contributed by atoms with Gasteiger partial charge in [-0.25, -0.2) is 0 Å². The number of nitrogens with one attached hydrogen (secondary N) is 2. The highest BCUT2D eigenvalue weighted by molar-refractivity contribution is 8.02. The second-order valence-corrected chi connectivity index (χ2v) is 10.5. The first-order valence-electron chi connectivity index (χ1n) is 11.5. The molecular weight excluding hydrogens is 506 g/mol. The molecule has 1 saturated heterocycles. The van der Waals surface area contributed by atoms with Crippen molar-refractivity contribution in [3.63, 3.8) is 0 Å². The minimum Gasteiger partial charge on any atom is -0.390 e. The number of aliphatic hydroxyl groups is 2. The molecule has 2 atom stereocenters. The number of allylic oxidation sites excluding steroid dienone is 1. The Morgan fingerprint density at radius 2 is 2.00 bits per heavy atom. The minimum atomic E-state index is -1.25. The second-order valence-electron chi connectivity index (χ2n) is 8.19. The average Bonchev–Trinajstić information content (AvgIpc) is 3.63. The summed E-state index contributed by atoms with van der Waals surface area (Å²) in [5.74, 6) is 0.716. The Balaban J connectivity index is 0.000000207. The molecule has 2 aliphatic heterocycles. The minimum absolute atomic E-state index is 0.345. The summed E-state index contributed by atoms with van der Waals surface area (Å²) in [5, 5.41) is 29.0. The molecule has 2 amide bonds. The smallest absolute Gasteiger partial charge is 0.254 e. The normalized spacial score (nSPS) is 16.0. The Kier molecular flexibility index (Phi) is 13.2. The summed E-state index contributed by atoms with van der Waals surface area (Å²) in [6.45, 7) is 5.50. The van der Waals surface area contributed by atoms with Crippen molar-refractivity contribution in [1.29, 1.82) is 0 Å². The summed E-state index contributed by atoms with van der Waals surface area (Å²) < 4.78 is 0. The van der Waals surface area contributed by atoms with Gasteiger partial charge in [-0.15, -0.1) is 23.1 Å². The monoisotopic (exact) mass is 539 g/mol. The van der Waals surface area contributed by atoms with Crippen LogP contribution >= 0.6 is 34.7 Å². The summed E-state index contributed by atoms with van der Waals surface area (Å²) in [6.07, 6.45) is 1.32. The zero-order chi connectivity index (χ0) is 25.6. The lowest BCUT2D eigenvalue weighted by Gasteiger charge is -2.20. The van der Waals surface area contributed by atoms with E-state index in [1.807, 2.05) is 36.0 Å². The molecule has 1 fully saturated rings. The lowest BCUT2D eigenvalue weighted by Crippen LogP contribution is -2.42. The van der Waals surface area contributed by atoms with Crippen LogP contribution in [0.5, 0.6) is 0 Å². The third-order valence-corrected chi connectivity index (χ3v) is 7.43. The predicted molar refractivity (Wildman–Crippen MR) is 144 cm³/mol. The van der Waals surface area contributed by atoms with Crippen molar-refractivity contribution in [3.05, 3.63) is 67.8 Å². The number of nitrogens with zero attached hydrogens (tertiary/aromatic N) is 1. The molecule has 0 bridgehead atoms. The van der Waals surface area contributed by atoms with E-state index in [2.05, 4.69) is 34.4 Å². The molecule has 192 valence electrons. The molecule has 35 heavy (non-hydrogen) atoms. The van der Waals surface area contributed by atoms with E-state index in [9.17, 15) is 14.7 Å². The van der Waals surface area contributed by atoms with Gasteiger partial charge in [0.05, 0.1) is 18.5 Å². The molecule has 3 heterocycles. The number of hydrogen-bond donors (Lipinski definition) is 4. The summed E-state index contributed by atoms with van der Waals surface area (Å²) in [7, 11) is 0. The van der Waals surface area contributed by atoms with Gasteiger partial charge in [0.1, 0.15) is 0 Å². The molecule has 0 aliphatic carbocycles. The van der Waals surface area contributed by atoms with Gasteiger partial charge in [0, 0.05) is 28.7 Å². The van der Waals surface area contributed by atoms with Crippen molar-refractivity contribution in [3.8, 4) is 0 Å². The van der Waals surface area contributed by atoms with Gasteiger partial charge in [0.2, 0.25) is 6.41 Å². The van der Waals surface area contributed by atoms with Crippen LogP contribution in [0, 0.1) is 0 Å². The van der Waals surface area contributed by atoms with Gasteiger partial charge in [0.25, 0.3) is 5.91 Å². The molecule has 7 nitrogen and oxygen atoms in total. The van der Waals surface area contributed by atoms with Crippen molar-refractivity contribution in [1.82, 2.24) is 15.5 Å². The van der Waals surface area contributed by atoms with Gasteiger partial charge in [-0.2, -0.15) is 0 Å². The Morgan fingerprint density at radius 3 is 2.54 bits per heavy atom. The molecule has 0 saturated carbocycles. The van der Waals surface area contributed by atoms with Crippen LogP contribution in [0.15, 0.2) is 46.8 Å². The number of carbonyl (C=O) groups excluding carboxylic acids is 2. The lowest BCUT2D eigenvalue weighted by molar-refractivity contribution is -0.144. The zero-order valence-corrected chi connectivity index (χ0v) is 22.5. The van der Waals surface area contributed by atoms with Gasteiger partial charge in [-0.3, -0.25) is 9.59 Å². The average molecular weight is 540 g/mol. The molecule has 4 rings (SSSR count). The lowest BCUT2D eigenvalue weighted by atomic mass is 10.1. The number of benzene rings is 1. The highest BCUT2D eigenvalue weighted by Gasteiger charge is 2.27. The summed E-state index contributed by atoms with van der Waals surface area (Å²) >= 11 is 9.57. The van der Waals surface area contributed by atoms with Crippen molar-refractivity contribution in [2.45, 2.75) is 51.9 Å². The van der Waals surface area contributed by atoms with Crippen LogP contribution in [-0.4, -0.2) is 58.6 Å². The van der Waals surface area contributed by atoms with Gasteiger partial charge in [-0.05, 0) is 67.2 Å². The Morgan fingerprint density at radius 1 is 1.29 bits per heavy atom. The van der Waals surface area contributed by atoms with E-state index in [1.54, 1.807) is 16.2 Å². The van der Waals surface area contributed by atoms with Crippen molar-refractivity contribution in [2.24, 2.45) is 0 Å². The van der Waals surface area contributed by atoms with Crippen LogP contribution in [0.2, 0.25) is 5.02 Å². The van der Waals surface area contributed by atoms with Crippen LogP contribution in [0.4, 0.5) is 0 Å². The fraction of sp³-hybridized carbons (Fsp3) is 0.440. The van der Waals surface area contributed by atoms with E-state index < -0.39 is 12.2 Å². The molecular formula is C25H34ClN3O4S2. The first-order valence-corrected chi connectivity index (χ1v) is 13.8. The fourth-order valence-electron chi connectivity index (χ4n) is 3.31. The summed E-state index contributed by atoms with van der Waals surface area (Å²) in [6, 6.07) is 9.95. The van der Waals surface area contributed by atoms with Crippen LogP contribution in [0.1, 0.15) is 42.7 Å². The molecule has 2 aliphatic rings. The van der Waals surface area contributed by atoms with Gasteiger partial charge >= 0.3 is 0 Å². The van der Waals surface area contributed by atoms with Crippen LogP contribution < -0.4 is 10.6 Å². The number of hydrogen-bond acceptors (Lipinski definition) is 7. The molecule has 4 N–H and O–H groups in total. The number of thiophene rings is 1. The SMILES string of the molecule is CC(O)C(O)C(=O)N1CCCC1.CC1=CSCN1.O=CNCc1cc(Cc2ccccc2Cl)cs1. The van der Waals surface area contributed by atoms with Crippen LogP contribution in [0.3, 0.4) is 0 Å². The predicted octanol–water partition coefficient (Wildman–Crippen LogP) is 3.73. The number of thioether (sulfide) groups is 1. The number of carbonyl (C=O) groups is 2. The Labute approximate surface area is 220 Å². The maximum atomic E-state index is 11.3. The van der Waals surface area contributed by atoms with Crippen molar-refractivity contribution < 1.29 is 19.8 Å². The number of aliphatic hydroxyl groups excluding tert-OH is 2. The molecule has 1 aromatic carbocycles. The Hall–Kier alpha value is -2.04. The number of halogens is 1. The van der Waals surface area contributed by atoms with Crippen LogP contribution in [0.25, 0.3) is 0 Å². The second kappa shape index (κ2) is 15.9. The third-order valence-electron chi connectivity index (χ3n) is 5.24. The molecule has 1 aromatic heterocycles. The zero-order valence-electron chi connectivity index (χ0n) is 20.1. The first kappa shape index (κ1) is 29.2.